The number of carbonyl (C=O) groups is 2. The highest BCUT2D eigenvalue weighted by molar-refractivity contribution is 5.86. The average molecular weight is 399 g/mol. The van der Waals surface area contributed by atoms with Gasteiger partial charge in [-0.05, 0) is 50.5 Å². The van der Waals surface area contributed by atoms with Crippen LogP contribution in [-0.2, 0) is 16.0 Å². The largest absolute Gasteiger partial charge is 0.479 e. The number of carboxylic acids is 1. The first-order valence-corrected chi connectivity index (χ1v) is 9.64. The fourth-order valence-electron chi connectivity index (χ4n) is 3.88. The number of amides is 1. The molecule has 3 rings (SSSR count). The summed E-state index contributed by atoms with van der Waals surface area (Å²) < 4.78 is 18.9. The summed E-state index contributed by atoms with van der Waals surface area (Å²) in [7, 11) is 0. The number of carbonyl (C=O) groups excluding carboxylic acids is 1. The predicted molar refractivity (Wildman–Crippen MR) is 107 cm³/mol. The van der Waals surface area contributed by atoms with Crippen LogP contribution in [0.1, 0.15) is 44.2 Å². The Morgan fingerprint density at radius 2 is 1.76 bits per heavy atom. The third kappa shape index (κ3) is 4.58. The fourth-order valence-corrected chi connectivity index (χ4v) is 3.88. The van der Waals surface area contributed by atoms with Crippen molar-refractivity contribution in [2.75, 3.05) is 6.54 Å². The van der Waals surface area contributed by atoms with Crippen molar-refractivity contribution in [1.29, 1.82) is 0 Å². The van der Waals surface area contributed by atoms with E-state index in [1.54, 1.807) is 32.9 Å². The van der Waals surface area contributed by atoms with Crippen molar-refractivity contribution in [3.8, 4) is 0 Å². The van der Waals surface area contributed by atoms with Crippen molar-refractivity contribution < 1.29 is 23.8 Å². The van der Waals surface area contributed by atoms with Gasteiger partial charge in [0.1, 0.15) is 17.0 Å². The van der Waals surface area contributed by atoms with Gasteiger partial charge in [-0.25, -0.2) is 14.0 Å². The molecule has 1 amide bonds. The smallest absolute Gasteiger partial charge is 0.411 e. The van der Waals surface area contributed by atoms with Crippen molar-refractivity contribution in [1.82, 2.24) is 4.90 Å². The SMILES string of the molecule is CC(C)(C)OC(=O)N1C[C@@H](c2ccc(F)cc2)C[C@]1(Cc1ccccc1)C(=O)O. The Kier molecular flexibility index (Phi) is 5.64. The number of likely N-dealkylation sites (tertiary alicyclic amines) is 1. The summed E-state index contributed by atoms with van der Waals surface area (Å²) in [5.74, 6) is -1.66. The second kappa shape index (κ2) is 7.85. The van der Waals surface area contributed by atoms with E-state index < -0.39 is 23.2 Å². The molecular formula is C23H26FNO4. The standard InChI is InChI=1S/C23H26FNO4/c1-22(2,3)29-21(28)25-15-18(17-9-11-19(24)12-10-17)14-23(25,20(26)27)13-16-7-5-4-6-8-16/h4-12,18H,13-15H2,1-3H3,(H,26,27)/t18-,23+/m0/s1. The molecule has 1 heterocycles. The maximum Gasteiger partial charge on any atom is 0.411 e. The lowest BCUT2D eigenvalue weighted by molar-refractivity contribution is -0.149. The molecule has 5 nitrogen and oxygen atoms in total. The number of carboxylic acid groups (broad SMARTS) is 1. The van der Waals surface area contributed by atoms with E-state index in [-0.39, 0.29) is 31.1 Å². The molecule has 1 saturated heterocycles. The molecule has 154 valence electrons. The second-order valence-corrected chi connectivity index (χ2v) is 8.54. The van der Waals surface area contributed by atoms with E-state index in [1.165, 1.54) is 17.0 Å². The van der Waals surface area contributed by atoms with Gasteiger partial charge >= 0.3 is 12.1 Å². The van der Waals surface area contributed by atoms with E-state index in [0.717, 1.165) is 11.1 Å². The number of nitrogens with zero attached hydrogens (tertiary/aromatic N) is 1. The molecule has 0 unspecified atom stereocenters. The number of ether oxygens (including phenoxy) is 1. The molecule has 0 radical (unpaired) electrons. The third-order valence-electron chi connectivity index (χ3n) is 5.20. The summed E-state index contributed by atoms with van der Waals surface area (Å²) in [6.45, 7) is 5.44. The first-order chi connectivity index (χ1) is 13.6. The zero-order chi connectivity index (χ0) is 21.2. The van der Waals surface area contributed by atoms with Crippen LogP contribution in [0.2, 0.25) is 0 Å². The highest BCUT2D eigenvalue weighted by Gasteiger charge is 2.55. The Morgan fingerprint density at radius 1 is 1.14 bits per heavy atom. The van der Waals surface area contributed by atoms with Gasteiger partial charge in [0.05, 0.1) is 0 Å². The van der Waals surface area contributed by atoms with Crippen LogP contribution in [0.4, 0.5) is 9.18 Å². The summed E-state index contributed by atoms with van der Waals surface area (Å²) in [4.78, 5) is 26.8. The summed E-state index contributed by atoms with van der Waals surface area (Å²) in [6, 6.07) is 15.2. The lowest BCUT2D eigenvalue weighted by atomic mass is 9.84. The number of aliphatic carboxylic acids is 1. The molecule has 1 N–H and O–H groups in total. The second-order valence-electron chi connectivity index (χ2n) is 8.54. The molecule has 29 heavy (non-hydrogen) atoms. The van der Waals surface area contributed by atoms with E-state index in [0.29, 0.717) is 0 Å². The minimum Gasteiger partial charge on any atom is -0.479 e. The van der Waals surface area contributed by atoms with Gasteiger partial charge in [-0.3, -0.25) is 4.90 Å². The Balaban J connectivity index is 2.00. The lowest BCUT2D eigenvalue weighted by Crippen LogP contribution is -2.55. The predicted octanol–water partition coefficient (Wildman–Crippen LogP) is 4.62. The highest BCUT2D eigenvalue weighted by Crippen LogP contribution is 2.42. The molecule has 0 spiro atoms. The molecule has 1 aliphatic rings. The Hall–Kier alpha value is -2.89. The van der Waals surface area contributed by atoms with Gasteiger partial charge in [0.15, 0.2) is 0 Å². The zero-order valence-electron chi connectivity index (χ0n) is 16.9. The number of halogens is 1. The lowest BCUT2D eigenvalue weighted by Gasteiger charge is -2.35. The van der Waals surface area contributed by atoms with Crippen molar-refractivity contribution >= 4 is 12.1 Å². The molecule has 0 saturated carbocycles. The van der Waals surface area contributed by atoms with Crippen molar-refractivity contribution in [3.63, 3.8) is 0 Å². The van der Waals surface area contributed by atoms with E-state index in [9.17, 15) is 19.1 Å². The minimum absolute atomic E-state index is 0.167. The van der Waals surface area contributed by atoms with Crippen LogP contribution in [0.5, 0.6) is 0 Å². The van der Waals surface area contributed by atoms with Crippen LogP contribution in [-0.4, -0.2) is 39.8 Å². The quantitative estimate of drug-likeness (QED) is 0.815. The minimum atomic E-state index is -1.44. The summed E-state index contributed by atoms with van der Waals surface area (Å²) in [5.41, 5.74) is -0.565. The van der Waals surface area contributed by atoms with Crippen LogP contribution in [0.3, 0.4) is 0 Å². The molecule has 0 aliphatic carbocycles. The third-order valence-corrected chi connectivity index (χ3v) is 5.20. The first kappa shape index (κ1) is 20.8. The van der Waals surface area contributed by atoms with Gasteiger partial charge in [-0.2, -0.15) is 0 Å². The van der Waals surface area contributed by atoms with Gasteiger partial charge < -0.3 is 9.84 Å². The van der Waals surface area contributed by atoms with Crippen LogP contribution >= 0.6 is 0 Å². The van der Waals surface area contributed by atoms with E-state index in [1.807, 2.05) is 30.3 Å². The van der Waals surface area contributed by atoms with Crippen molar-refractivity contribution in [2.45, 2.75) is 50.7 Å². The van der Waals surface area contributed by atoms with E-state index in [4.69, 9.17) is 4.74 Å². The zero-order valence-corrected chi connectivity index (χ0v) is 16.9. The van der Waals surface area contributed by atoms with Gasteiger partial charge in [-0.1, -0.05) is 42.5 Å². The number of rotatable bonds is 4. The molecule has 6 heteroatoms. The summed E-state index contributed by atoms with van der Waals surface area (Å²) in [6.07, 6.45) is -0.261. The Bertz CT molecular complexity index is 876. The van der Waals surface area contributed by atoms with Gasteiger partial charge in [0.25, 0.3) is 0 Å². The van der Waals surface area contributed by atoms with Gasteiger partial charge in [0.2, 0.25) is 0 Å². The monoisotopic (exact) mass is 399 g/mol. The maximum atomic E-state index is 13.4. The summed E-state index contributed by atoms with van der Waals surface area (Å²) in [5, 5.41) is 10.2. The van der Waals surface area contributed by atoms with Gasteiger partial charge in [0, 0.05) is 18.9 Å². The highest BCUT2D eigenvalue weighted by atomic mass is 19.1. The first-order valence-electron chi connectivity index (χ1n) is 9.64. The van der Waals surface area contributed by atoms with Crippen LogP contribution in [0.15, 0.2) is 54.6 Å². The number of hydrogen-bond acceptors (Lipinski definition) is 3. The molecular weight excluding hydrogens is 373 g/mol. The molecule has 2 atom stereocenters. The number of hydrogen-bond donors (Lipinski definition) is 1. The van der Waals surface area contributed by atoms with Crippen LogP contribution in [0, 0.1) is 5.82 Å². The molecule has 1 fully saturated rings. The van der Waals surface area contributed by atoms with Crippen molar-refractivity contribution in [3.05, 3.63) is 71.5 Å². The molecule has 1 aliphatic heterocycles. The average Bonchev–Trinajstić information content (AvgIpc) is 3.03. The topological polar surface area (TPSA) is 66.8 Å². The normalized spacial score (nSPS) is 21.8. The Labute approximate surface area is 170 Å². The van der Waals surface area contributed by atoms with Crippen molar-refractivity contribution in [2.24, 2.45) is 0 Å². The molecule has 0 aromatic heterocycles. The Morgan fingerprint density at radius 3 is 2.31 bits per heavy atom. The molecule has 2 aromatic rings. The van der Waals surface area contributed by atoms with E-state index in [2.05, 4.69) is 0 Å². The molecule has 0 bridgehead atoms. The number of benzene rings is 2. The van der Waals surface area contributed by atoms with Crippen LogP contribution < -0.4 is 0 Å². The maximum absolute atomic E-state index is 13.4. The van der Waals surface area contributed by atoms with Crippen LogP contribution in [0.25, 0.3) is 0 Å². The van der Waals surface area contributed by atoms with Gasteiger partial charge in [-0.15, -0.1) is 0 Å². The van der Waals surface area contributed by atoms with E-state index >= 15 is 0 Å². The molecule has 2 aromatic carbocycles. The fraction of sp³-hybridized carbons (Fsp3) is 0.391. The summed E-state index contributed by atoms with van der Waals surface area (Å²) >= 11 is 0.